The lowest BCUT2D eigenvalue weighted by Crippen LogP contribution is -2.01. The molecule has 76 valence electrons. The van der Waals surface area contributed by atoms with Crippen LogP contribution in [0.15, 0.2) is 29.2 Å². The van der Waals surface area contributed by atoms with Crippen LogP contribution in [-0.2, 0) is 0 Å². The zero-order chi connectivity index (χ0) is 10.8. The normalized spacial score (nSPS) is 10.2. The topological polar surface area (TPSA) is 59.2 Å². The van der Waals surface area contributed by atoms with Crippen LogP contribution in [0.2, 0.25) is 0 Å². The van der Waals surface area contributed by atoms with Gasteiger partial charge in [-0.1, -0.05) is 0 Å². The number of carbonyl (C=O) groups excluding carboxylic acids is 1. The largest absolute Gasteiger partial charge is 0.496 e. The van der Waals surface area contributed by atoms with Gasteiger partial charge < -0.3 is 9.72 Å². The summed E-state index contributed by atoms with van der Waals surface area (Å²) < 4.78 is 5.02. The molecule has 4 nitrogen and oxygen atoms in total. The Morgan fingerprint density at radius 3 is 2.87 bits per heavy atom. The number of nitrogens with one attached hydrogen (secondary N) is 1. The lowest BCUT2D eigenvalue weighted by Gasteiger charge is -2.04. The number of methoxy groups -OCH3 is 1. The Morgan fingerprint density at radius 1 is 1.40 bits per heavy atom. The maximum Gasteiger partial charge on any atom is 0.189 e. The Balaban J connectivity index is 2.87. The molecular weight excluding hydrogens is 194 g/mol. The molecule has 0 amide bonds. The van der Waals surface area contributed by atoms with Crippen molar-refractivity contribution >= 4 is 17.2 Å². The quantitative estimate of drug-likeness (QED) is 0.749. The molecule has 0 aliphatic heterocycles. The molecule has 2 rings (SSSR count). The summed E-state index contributed by atoms with van der Waals surface area (Å²) in [4.78, 5) is 25.1. The van der Waals surface area contributed by atoms with Gasteiger partial charge in [0, 0.05) is 17.6 Å². The molecule has 4 heteroatoms. The van der Waals surface area contributed by atoms with Crippen molar-refractivity contribution in [3.63, 3.8) is 0 Å². The molecule has 0 radical (unpaired) electrons. The molecule has 0 saturated carbocycles. The predicted octanol–water partition coefficient (Wildman–Crippen LogP) is 1.35. The molecule has 1 aromatic heterocycles. The van der Waals surface area contributed by atoms with E-state index >= 15 is 0 Å². The van der Waals surface area contributed by atoms with E-state index in [1.807, 2.05) is 0 Å². The van der Waals surface area contributed by atoms with Crippen molar-refractivity contribution in [2.75, 3.05) is 7.11 Å². The van der Waals surface area contributed by atoms with Gasteiger partial charge in [0.05, 0.1) is 18.2 Å². The minimum Gasteiger partial charge on any atom is -0.496 e. The van der Waals surface area contributed by atoms with Crippen molar-refractivity contribution in [3.05, 3.63) is 40.2 Å². The molecule has 0 fully saturated rings. The van der Waals surface area contributed by atoms with E-state index in [1.54, 1.807) is 18.3 Å². The van der Waals surface area contributed by atoms with E-state index in [9.17, 15) is 9.59 Å². The second kappa shape index (κ2) is 3.57. The second-order valence-electron chi connectivity index (χ2n) is 3.10. The van der Waals surface area contributed by atoms with Crippen LogP contribution in [0, 0.1) is 0 Å². The van der Waals surface area contributed by atoms with Crippen molar-refractivity contribution in [2.45, 2.75) is 0 Å². The zero-order valence-corrected chi connectivity index (χ0v) is 8.11. The monoisotopic (exact) mass is 203 g/mol. The van der Waals surface area contributed by atoms with Gasteiger partial charge in [-0.2, -0.15) is 0 Å². The highest BCUT2D eigenvalue weighted by molar-refractivity contribution is 5.90. The Labute approximate surface area is 85.5 Å². The summed E-state index contributed by atoms with van der Waals surface area (Å²) >= 11 is 0. The zero-order valence-electron chi connectivity index (χ0n) is 8.11. The van der Waals surface area contributed by atoms with Crippen LogP contribution >= 0.6 is 0 Å². The Bertz CT molecular complexity index is 572. The van der Waals surface area contributed by atoms with E-state index in [1.165, 1.54) is 13.2 Å². The van der Waals surface area contributed by atoms with Crippen molar-refractivity contribution in [2.24, 2.45) is 0 Å². The van der Waals surface area contributed by atoms with Gasteiger partial charge in [-0.15, -0.1) is 0 Å². The van der Waals surface area contributed by atoms with E-state index in [4.69, 9.17) is 4.74 Å². The molecule has 0 atom stereocenters. The number of aldehydes is 1. The highest BCUT2D eigenvalue weighted by Crippen LogP contribution is 2.21. The van der Waals surface area contributed by atoms with Gasteiger partial charge in [0.1, 0.15) is 5.75 Å². The molecule has 0 saturated heterocycles. The average molecular weight is 203 g/mol. The molecule has 0 unspecified atom stereocenters. The fourth-order valence-corrected chi connectivity index (χ4v) is 1.49. The van der Waals surface area contributed by atoms with Gasteiger partial charge in [0.15, 0.2) is 11.7 Å². The Hall–Kier alpha value is -2.10. The third-order valence-corrected chi connectivity index (χ3v) is 2.24. The molecule has 15 heavy (non-hydrogen) atoms. The molecule has 1 aromatic carbocycles. The highest BCUT2D eigenvalue weighted by atomic mass is 16.5. The first kappa shape index (κ1) is 9.45. The number of fused-ring (bicyclic) bond motifs is 1. The van der Waals surface area contributed by atoms with Crippen LogP contribution in [0.1, 0.15) is 10.4 Å². The fourth-order valence-electron chi connectivity index (χ4n) is 1.49. The van der Waals surface area contributed by atoms with E-state index < -0.39 is 0 Å². The minimum absolute atomic E-state index is 0.0977. The summed E-state index contributed by atoms with van der Waals surface area (Å²) in [7, 11) is 1.46. The van der Waals surface area contributed by atoms with Crippen LogP contribution in [0.5, 0.6) is 5.75 Å². The van der Waals surface area contributed by atoms with Crippen molar-refractivity contribution in [3.8, 4) is 5.75 Å². The molecule has 0 aliphatic carbocycles. The number of carbonyl (C=O) groups is 1. The Kier molecular flexibility index (Phi) is 2.25. The molecular formula is C11H9NO3. The van der Waals surface area contributed by atoms with Crippen LogP contribution in [0.4, 0.5) is 0 Å². The first-order chi connectivity index (χ1) is 7.26. The molecule has 0 spiro atoms. The molecule has 1 N–H and O–H groups in total. The number of pyridine rings is 1. The van der Waals surface area contributed by atoms with Crippen LogP contribution in [-0.4, -0.2) is 18.4 Å². The summed E-state index contributed by atoms with van der Waals surface area (Å²) in [5.41, 5.74) is 0.955. The number of hydrogen-bond donors (Lipinski definition) is 1. The van der Waals surface area contributed by atoms with E-state index in [0.717, 1.165) is 0 Å². The van der Waals surface area contributed by atoms with E-state index in [-0.39, 0.29) is 5.43 Å². The Morgan fingerprint density at radius 2 is 2.20 bits per heavy atom. The predicted molar refractivity (Wildman–Crippen MR) is 56.5 cm³/mol. The maximum atomic E-state index is 11.5. The molecule has 0 bridgehead atoms. The molecule has 2 aromatic rings. The van der Waals surface area contributed by atoms with Gasteiger partial charge in [-0.3, -0.25) is 9.59 Å². The van der Waals surface area contributed by atoms with Crippen LogP contribution in [0.25, 0.3) is 10.9 Å². The first-order valence-electron chi connectivity index (χ1n) is 4.41. The summed E-state index contributed by atoms with van der Waals surface area (Å²) in [5.74, 6) is 0.411. The lowest BCUT2D eigenvalue weighted by atomic mass is 10.1. The summed E-state index contributed by atoms with van der Waals surface area (Å²) in [6.07, 6.45) is 2.25. The number of benzene rings is 1. The van der Waals surface area contributed by atoms with Gasteiger partial charge >= 0.3 is 0 Å². The third-order valence-electron chi connectivity index (χ3n) is 2.24. The lowest BCUT2D eigenvalue weighted by molar-refractivity contribution is 0.112. The third kappa shape index (κ3) is 1.50. The van der Waals surface area contributed by atoms with Gasteiger partial charge in [0.25, 0.3) is 0 Å². The van der Waals surface area contributed by atoms with Crippen LogP contribution in [0.3, 0.4) is 0 Å². The summed E-state index contributed by atoms with van der Waals surface area (Å²) in [6, 6.07) is 4.60. The first-order valence-corrected chi connectivity index (χ1v) is 4.41. The van der Waals surface area contributed by atoms with Crippen molar-refractivity contribution < 1.29 is 9.53 Å². The second-order valence-corrected chi connectivity index (χ2v) is 3.10. The van der Waals surface area contributed by atoms with Crippen LogP contribution < -0.4 is 10.2 Å². The molecule has 1 heterocycles. The van der Waals surface area contributed by atoms with E-state index in [2.05, 4.69) is 4.98 Å². The van der Waals surface area contributed by atoms with Crippen molar-refractivity contribution in [1.29, 1.82) is 0 Å². The van der Waals surface area contributed by atoms with Crippen molar-refractivity contribution in [1.82, 2.24) is 4.98 Å². The number of aromatic nitrogens is 1. The number of aromatic amines is 1. The number of rotatable bonds is 2. The van der Waals surface area contributed by atoms with E-state index in [0.29, 0.717) is 28.5 Å². The maximum absolute atomic E-state index is 11.5. The smallest absolute Gasteiger partial charge is 0.189 e. The molecule has 0 aliphatic rings. The fraction of sp³-hybridized carbons (Fsp3) is 0.0909. The SMILES string of the molecule is COc1cc2c(=O)cc[nH]c2cc1C=O. The summed E-state index contributed by atoms with van der Waals surface area (Å²) in [6.45, 7) is 0. The summed E-state index contributed by atoms with van der Waals surface area (Å²) in [5, 5.41) is 0.514. The average Bonchev–Trinajstić information content (AvgIpc) is 2.28. The number of H-pyrrole nitrogens is 1. The minimum atomic E-state index is -0.0977. The van der Waals surface area contributed by atoms with Gasteiger partial charge in [-0.05, 0) is 12.1 Å². The van der Waals surface area contributed by atoms with Gasteiger partial charge in [-0.25, -0.2) is 0 Å². The number of hydrogen-bond acceptors (Lipinski definition) is 3. The number of ether oxygens (including phenoxy) is 1. The highest BCUT2D eigenvalue weighted by Gasteiger charge is 2.06. The standard InChI is InChI=1S/C11H9NO3/c1-15-11-5-8-9(4-7(11)6-13)12-3-2-10(8)14/h2-6H,1H3,(H,12,14). The van der Waals surface area contributed by atoms with Gasteiger partial charge in [0.2, 0.25) is 0 Å².